The summed E-state index contributed by atoms with van der Waals surface area (Å²) < 4.78 is 0. The lowest BCUT2D eigenvalue weighted by atomic mass is 10.0. The van der Waals surface area contributed by atoms with E-state index < -0.39 is 0 Å². The van der Waals surface area contributed by atoms with E-state index in [0.29, 0.717) is 17.1 Å². The van der Waals surface area contributed by atoms with Gasteiger partial charge in [-0.3, -0.25) is 9.78 Å². The molecule has 124 valence electrons. The second-order valence-corrected chi connectivity index (χ2v) is 8.18. The van der Waals surface area contributed by atoms with Crippen LogP contribution in [0.5, 0.6) is 0 Å². The maximum atomic E-state index is 13.2. The molecule has 1 aliphatic heterocycles. The third kappa shape index (κ3) is 2.95. The number of rotatable bonds is 3. The number of thioether (sulfide) groups is 1. The van der Waals surface area contributed by atoms with E-state index in [4.69, 9.17) is 0 Å². The molecule has 4 rings (SSSR count). The van der Waals surface area contributed by atoms with E-state index in [1.165, 1.54) is 11.1 Å². The average molecular weight is 338 g/mol. The van der Waals surface area contributed by atoms with Crippen LogP contribution in [0.25, 0.3) is 0 Å². The van der Waals surface area contributed by atoms with Crippen LogP contribution in [0.4, 0.5) is 0 Å². The lowest BCUT2D eigenvalue weighted by molar-refractivity contribution is -0.135. The van der Waals surface area contributed by atoms with Gasteiger partial charge in [-0.15, -0.1) is 0 Å². The Labute approximate surface area is 147 Å². The van der Waals surface area contributed by atoms with Gasteiger partial charge in [0.15, 0.2) is 0 Å². The number of aromatic nitrogens is 1. The van der Waals surface area contributed by atoms with Crippen molar-refractivity contribution in [2.45, 2.75) is 30.6 Å². The number of hydrogen-bond acceptors (Lipinski definition) is 3. The molecule has 4 heteroatoms. The van der Waals surface area contributed by atoms with Crippen molar-refractivity contribution < 1.29 is 4.79 Å². The molecule has 24 heavy (non-hydrogen) atoms. The van der Waals surface area contributed by atoms with E-state index in [0.717, 1.165) is 18.7 Å². The molecule has 0 unspecified atom stereocenters. The zero-order chi connectivity index (χ0) is 16.5. The van der Waals surface area contributed by atoms with Crippen molar-refractivity contribution in [3.05, 3.63) is 66.0 Å². The molecule has 1 amide bonds. The van der Waals surface area contributed by atoms with Gasteiger partial charge in [0.05, 0.1) is 6.04 Å². The average Bonchev–Trinajstić information content (AvgIpc) is 3.43. The van der Waals surface area contributed by atoms with Crippen molar-refractivity contribution in [2.75, 3.05) is 12.3 Å². The van der Waals surface area contributed by atoms with Gasteiger partial charge in [0, 0.05) is 35.9 Å². The minimum absolute atomic E-state index is 0.135. The maximum absolute atomic E-state index is 13.2. The third-order valence-electron chi connectivity index (χ3n) is 5.14. The Morgan fingerprint density at radius 2 is 1.96 bits per heavy atom. The molecule has 1 saturated heterocycles. The van der Waals surface area contributed by atoms with E-state index in [9.17, 15) is 4.79 Å². The number of nitrogens with zero attached hydrogens (tertiary/aromatic N) is 2. The van der Waals surface area contributed by atoms with Gasteiger partial charge in [-0.05, 0) is 29.5 Å². The van der Waals surface area contributed by atoms with Crippen molar-refractivity contribution in [3.63, 3.8) is 0 Å². The Hall–Kier alpha value is -1.81. The van der Waals surface area contributed by atoms with Crippen LogP contribution in [0, 0.1) is 5.92 Å². The van der Waals surface area contributed by atoms with Crippen LogP contribution in [-0.2, 0) is 4.79 Å². The zero-order valence-corrected chi connectivity index (χ0v) is 14.7. The molecular formula is C20H22N2OS. The highest BCUT2D eigenvalue weighted by Gasteiger charge is 2.48. The van der Waals surface area contributed by atoms with E-state index >= 15 is 0 Å². The third-order valence-corrected chi connectivity index (χ3v) is 6.34. The second kappa shape index (κ2) is 6.60. The molecule has 0 N–H and O–H groups in total. The summed E-state index contributed by atoms with van der Waals surface area (Å²) in [6, 6.07) is 14.7. The summed E-state index contributed by atoms with van der Waals surface area (Å²) in [4.78, 5) is 19.5. The van der Waals surface area contributed by atoms with Crippen LogP contribution < -0.4 is 0 Å². The molecule has 0 radical (unpaired) electrons. The Morgan fingerprint density at radius 1 is 1.17 bits per heavy atom. The molecule has 1 aromatic carbocycles. The van der Waals surface area contributed by atoms with Gasteiger partial charge in [0.2, 0.25) is 5.91 Å². The number of amides is 1. The number of carbonyl (C=O) groups excluding carboxylic acids is 1. The van der Waals surface area contributed by atoms with Crippen LogP contribution in [0.2, 0.25) is 0 Å². The summed E-state index contributed by atoms with van der Waals surface area (Å²) >= 11 is 1.97. The highest BCUT2D eigenvalue weighted by atomic mass is 32.2. The zero-order valence-electron chi connectivity index (χ0n) is 13.8. The molecule has 2 aliphatic rings. The van der Waals surface area contributed by atoms with Gasteiger partial charge < -0.3 is 4.90 Å². The van der Waals surface area contributed by atoms with Crippen LogP contribution >= 0.6 is 11.8 Å². The van der Waals surface area contributed by atoms with Crippen LogP contribution in [0.3, 0.4) is 0 Å². The molecule has 2 aromatic rings. The summed E-state index contributed by atoms with van der Waals surface area (Å²) in [7, 11) is 0. The van der Waals surface area contributed by atoms with E-state index in [1.54, 1.807) is 6.20 Å². The largest absolute Gasteiger partial charge is 0.333 e. The fourth-order valence-electron chi connectivity index (χ4n) is 3.81. The number of benzene rings is 1. The summed E-state index contributed by atoms with van der Waals surface area (Å²) in [6.45, 7) is 3.09. The first-order chi connectivity index (χ1) is 11.8. The predicted octanol–water partition coefficient (Wildman–Crippen LogP) is 3.89. The Balaban J connectivity index is 1.54. The second-order valence-electron chi connectivity index (χ2n) is 6.70. The van der Waals surface area contributed by atoms with E-state index in [-0.39, 0.29) is 12.0 Å². The predicted molar refractivity (Wildman–Crippen MR) is 97.9 cm³/mol. The first kappa shape index (κ1) is 15.7. The van der Waals surface area contributed by atoms with Crippen molar-refractivity contribution >= 4 is 17.7 Å². The lowest BCUT2D eigenvalue weighted by Gasteiger charge is -2.40. The topological polar surface area (TPSA) is 33.2 Å². The first-order valence-corrected chi connectivity index (χ1v) is 9.67. The summed E-state index contributed by atoms with van der Waals surface area (Å²) in [5.41, 5.74) is 2.45. The fraction of sp³-hybridized carbons (Fsp3) is 0.400. The molecule has 0 bridgehead atoms. The standard InChI is InChI=1S/C20H22N2OS/c1-14-19(15-6-3-2-4-7-15)22(10-11-24-14)20(23)18-12-17(18)16-8-5-9-21-13-16/h2-9,13-14,17-19H,10-12H2,1H3/t14-,17-,18+,19+/m0/s1. The molecule has 1 saturated carbocycles. The number of pyridine rings is 1. The van der Waals surface area contributed by atoms with Crippen molar-refractivity contribution in [3.8, 4) is 0 Å². The smallest absolute Gasteiger partial charge is 0.226 e. The minimum atomic E-state index is 0.135. The first-order valence-electron chi connectivity index (χ1n) is 8.62. The molecule has 3 nitrogen and oxygen atoms in total. The van der Waals surface area contributed by atoms with Crippen LogP contribution in [0.1, 0.15) is 36.4 Å². The lowest BCUT2D eigenvalue weighted by Crippen LogP contribution is -2.44. The van der Waals surface area contributed by atoms with Crippen LogP contribution in [0.15, 0.2) is 54.9 Å². The molecular weight excluding hydrogens is 316 g/mol. The monoisotopic (exact) mass is 338 g/mol. The van der Waals surface area contributed by atoms with Gasteiger partial charge in [0.1, 0.15) is 0 Å². The minimum Gasteiger partial charge on any atom is -0.333 e. The Kier molecular flexibility index (Phi) is 4.31. The molecule has 1 aromatic heterocycles. The summed E-state index contributed by atoms with van der Waals surface area (Å²) in [5.74, 6) is 1.84. The molecule has 4 atom stereocenters. The van der Waals surface area contributed by atoms with Gasteiger partial charge in [-0.25, -0.2) is 0 Å². The fourth-order valence-corrected chi connectivity index (χ4v) is 4.97. The molecule has 0 spiro atoms. The quantitative estimate of drug-likeness (QED) is 0.851. The number of hydrogen-bond donors (Lipinski definition) is 0. The van der Waals surface area contributed by atoms with Gasteiger partial charge in [-0.2, -0.15) is 11.8 Å². The molecule has 1 aliphatic carbocycles. The maximum Gasteiger partial charge on any atom is 0.226 e. The van der Waals surface area contributed by atoms with Gasteiger partial charge in [0.25, 0.3) is 0 Å². The normalized spacial score (nSPS) is 29.3. The van der Waals surface area contributed by atoms with Gasteiger partial charge >= 0.3 is 0 Å². The molecule has 2 fully saturated rings. The Bertz CT molecular complexity index is 706. The van der Waals surface area contributed by atoms with Crippen LogP contribution in [-0.4, -0.2) is 33.3 Å². The van der Waals surface area contributed by atoms with Gasteiger partial charge in [-0.1, -0.05) is 43.3 Å². The van der Waals surface area contributed by atoms with Crippen molar-refractivity contribution in [2.24, 2.45) is 5.92 Å². The molecule has 2 heterocycles. The summed E-state index contributed by atoms with van der Waals surface area (Å²) in [5, 5.41) is 0.431. The highest BCUT2D eigenvalue weighted by molar-refractivity contribution is 8.00. The van der Waals surface area contributed by atoms with E-state index in [2.05, 4.69) is 47.1 Å². The Morgan fingerprint density at radius 3 is 2.71 bits per heavy atom. The SMILES string of the molecule is C[C@@H]1SCCN(C(=O)[C@@H]2C[C@H]2c2cccnc2)[C@H]1c1ccccc1. The number of carbonyl (C=O) groups is 1. The summed E-state index contributed by atoms with van der Waals surface area (Å²) in [6.07, 6.45) is 4.66. The van der Waals surface area contributed by atoms with E-state index in [1.807, 2.05) is 30.1 Å². The van der Waals surface area contributed by atoms with Crippen molar-refractivity contribution in [1.29, 1.82) is 0 Å². The van der Waals surface area contributed by atoms with Crippen molar-refractivity contribution in [1.82, 2.24) is 9.88 Å². The highest BCUT2D eigenvalue weighted by Crippen LogP contribution is 2.50.